The van der Waals surface area contributed by atoms with Crippen LogP contribution in [0.25, 0.3) is 43.4 Å². The Morgan fingerprint density at radius 3 is 1.19 bits per heavy atom. The molecular formula is C58H48O12. The lowest BCUT2D eigenvalue weighted by Crippen LogP contribution is -2.08. The third-order valence-corrected chi connectivity index (χ3v) is 12.1. The quantitative estimate of drug-likeness (QED) is 0.0310. The van der Waals surface area contributed by atoms with Gasteiger partial charge in [0.2, 0.25) is 0 Å². The average molecular weight is 937 g/mol. The van der Waals surface area contributed by atoms with Gasteiger partial charge in [0.25, 0.3) is 0 Å². The van der Waals surface area contributed by atoms with Gasteiger partial charge >= 0.3 is 23.9 Å². The van der Waals surface area contributed by atoms with Crippen molar-refractivity contribution in [1.82, 2.24) is 0 Å². The molecule has 70 heavy (non-hydrogen) atoms. The van der Waals surface area contributed by atoms with E-state index in [-0.39, 0.29) is 25.4 Å². The van der Waals surface area contributed by atoms with Crippen molar-refractivity contribution in [3.05, 3.63) is 180 Å². The van der Waals surface area contributed by atoms with Crippen LogP contribution in [0.15, 0.2) is 158 Å². The van der Waals surface area contributed by atoms with Crippen LogP contribution >= 0.6 is 0 Å². The van der Waals surface area contributed by atoms with Crippen LogP contribution in [0.2, 0.25) is 0 Å². The number of fused-ring (bicyclic) bond motifs is 3. The number of hydrogen-bond donors (Lipinski definition) is 0. The molecule has 0 radical (unpaired) electrons. The van der Waals surface area contributed by atoms with Gasteiger partial charge in [0.05, 0.1) is 48.7 Å². The minimum absolute atomic E-state index is 0.172. The maximum absolute atomic E-state index is 13.1. The van der Waals surface area contributed by atoms with Gasteiger partial charge in [-0.2, -0.15) is 0 Å². The predicted molar refractivity (Wildman–Crippen MR) is 263 cm³/mol. The van der Waals surface area contributed by atoms with E-state index in [1.165, 1.54) is 0 Å². The van der Waals surface area contributed by atoms with Crippen LogP contribution in [-0.4, -0.2) is 75.7 Å². The second-order valence-electron chi connectivity index (χ2n) is 17.3. The van der Waals surface area contributed by atoms with Crippen molar-refractivity contribution in [3.8, 4) is 34.1 Å². The van der Waals surface area contributed by atoms with Gasteiger partial charge in [-0.3, -0.25) is 0 Å². The molecule has 2 fully saturated rings. The smallest absolute Gasteiger partial charge is 0.343 e. The summed E-state index contributed by atoms with van der Waals surface area (Å²) < 4.78 is 44.4. The van der Waals surface area contributed by atoms with Gasteiger partial charge in [-0.05, 0) is 166 Å². The Hall–Kier alpha value is -8.06. The van der Waals surface area contributed by atoms with Crippen molar-refractivity contribution < 1.29 is 57.1 Å². The molecule has 0 saturated carbocycles. The standard InChI is InChI=1S/C58H48O12/c59-55(46-12-9-44-31-51(23-18-41(44)27-46)69-57(61)39-7-5-37(6-8-39)38-15-20-49(21-16-38)65-33-53-35-67-53)63-25-3-1-2-4-26-64-56(60)47-13-10-45-32-52(24-19-42(45)28-47)70-58(62)48-14-11-43-30-50(22-17-40(43)29-48)66-34-54-36-68-54/h5-24,27-32,53-54H,1-4,25-26,33-36H2. The number of benzene rings is 8. The predicted octanol–water partition coefficient (Wildman–Crippen LogP) is 11.4. The average Bonchev–Trinajstić information content (AvgIpc) is 4.35. The molecule has 352 valence electrons. The van der Waals surface area contributed by atoms with Crippen LogP contribution in [0.1, 0.15) is 67.1 Å². The molecule has 12 heteroatoms. The highest BCUT2D eigenvalue weighted by Crippen LogP contribution is 2.29. The van der Waals surface area contributed by atoms with E-state index in [2.05, 4.69) is 0 Å². The Morgan fingerprint density at radius 1 is 0.371 bits per heavy atom. The van der Waals surface area contributed by atoms with Gasteiger partial charge in [-0.1, -0.05) is 60.7 Å². The van der Waals surface area contributed by atoms with Gasteiger partial charge in [0, 0.05) is 0 Å². The Labute approximate surface area is 403 Å². The fourth-order valence-corrected chi connectivity index (χ4v) is 7.90. The molecule has 8 aromatic carbocycles. The monoisotopic (exact) mass is 936 g/mol. The fraction of sp³-hybridized carbons (Fsp3) is 0.207. The van der Waals surface area contributed by atoms with Crippen molar-refractivity contribution in [1.29, 1.82) is 0 Å². The van der Waals surface area contributed by atoms with Crippen molar-refractivity contribution in [2.24, 2.45) is 0 Å². The summed E-state index contributed by atoms with van der Waals surface area (Å²) in [7, 11) is 0. The highest BCUT2D eigenvalue weighted by atomic mass is 16.6. The van der Waals surface area contributed by atoms with E-state index in [9.17, 15) is 19.2 Å². The van der Waals surface area contributed by atoms with Crippen LogP contribution in [0.4, 0.5) is 0 Å². The fourth-order valence-electron chi connectivity index (χ4n) is 7.90. The van der Waals surface area contributed by atoms with E-state index >= 15 is 0 Å². The normalized spacial score (nSPS) is 14.7. The van der Waals surface area contributed by atoms with Crippen LogP contribution < -0.4 is 18.9 Å². The zero-order chi connectivity index (χ0) is 47.8. The second-order valence-corrected chi connectivity index (χ2v) is 17.3. The SMILES string of the molecule is O=C(OCCCCCCOC(=O)c1ccc2cc(OC(=O)c3ccc4cc(OCC5CO5)ccc4c3)ccc2c1)c1ccc2cc(OC(=O)c3ccc(-c4ccc(OCC5CO5)cc4)cc3)ccc2c1. The van der Waals surface area contributed by atoms with Crippen LogP contribution in [0.5, 0.6) is 23.0 Å². The number of hydrogen-bond acceptors (Lipinski definition) is 12. The molecule has 2 aliphatic heterocycles. The molecule has 2 aliphatic rings. The third-order valence-electron chi connectivity index (χ3n) is 12.1. The molecule has 2 atom stereocenters. The van der Waals surface area contributed by atoms with E-state index < -0.39 is 23.9 Å². The molecule has 2 saturated heterocycles. The molecular weight excluding hydrogens is 889 g/mol. The van der Waals surface area contributed by atoms with E-state index in [4.69, 9.17) is 37.9 Å². The molecule has 8 aromatic rings. The minimum atomic E-state index is -0.474. The summed E-state index contributed by atoms with van der Waals surface area (Å²) in [6, 6.07) is 47.2. The first kappa shape index (κ1) is 45.7. The number of epoxide rings is 2. The first-order valence-electron chi connectivity index (χ1n) is 23.4. The molecule has 10 rings (SSSR count). The van der Waals surface area contributed by atoms with E-state index in [0.717, 1.165) is 81.0 Å². The lowest BCUT2D eigenvalue weighted by molar-refractivity contribution is 0.0474. The van der Waals surface area contributed by atoms with Gasteiger partial charge in [-0.15, -0.1) is 0 Å². The van der Waals surface area contributed by atoms with Gasteiger partial charge in [0.1, 0.15) is 48.4 Å². The number of ether oxygens (including phenoxy) is 8. The number of carbonyl (C=O) groups excluding carboxylic acids is 4. The molecule has 2 heterocycles. The summed E-state index contributed by atoms with van der Waals surface area (Å²) in [5, 5.41) is 5.08. The molecule has 0 aromatic heterocycles. The summed E-state index contributed by atoms with van der Waals surface area (Å²) >= 11 is 0. The van der Waals surface area contributed by atoms with E-state index in [1.807, 2.05) is 60.7 Å². The summed E-state index contributed by atoms with van der Waals surface area (Å²) in [5.74, 6) is 0.535. The largest absolute Gasteiger partial charge is 0.491 e. The van der Waals surface area contributed by atoms with Crippen molar-refractivity contribution >= 4 is 56.2 Å². The maximum atomic E-state index is 13.1. The first-order valence-corrected chi connectivity index (χ1v) is 23.4. The molecule has 0 amide bonds. The Morgan fingerprint density at radius 2 is 0.714 bits per heavy atom. The van der Waals surface area contributed by atoms with Crippen molar-refractivity contribution in [2.75, 3.05) is 39.6 Å². The van der Waals surface area contributed by atoms with E-state index in [0.29, 0.717) is 59.8 Å². The summed E-state index contributed by atoms with van der Waals surface area (Å²) in [5.41, 5.74) is 3.67. The topological polar surface area (TPSA) is 149 Å². The maximum Gasteiger partial charge on any atom is 0.343 e. The molecule has 2 unspecified atom stereocenters. The van der Waals surface area contributed by atoms with Crippen molar-refractivity contribution in [2.45, 2.75) is 37.9 Å². The summed E-state index contributed by atoms with van der Waals surface area (Å²) in [6.07, 6.45) is 3.30. The molecule has 12 nitrogen and oxygen atoms in total. The zero-order valence-corrected chi connectivity index (χ0v) is 38.1. The molecule has 0 spiro atoms. The number of carbonyl (C=O) groups is 4. The van der Waals surface area contributed by atoms with E-state index in [1.54, 1.807) is 97.1 Å². The number of esters is 4. The minimum Gasteiger partial charge on any atom is -0.491 e. The second kappa shape index (κ2) is 21.1. The molecule has 0 aliphatic carbocycles. The first-order chi connectivity index (χ1) is 34.3. The van der Waals surface area contributed by atoms with Gasteiger partial charge in [0.15, 0.2) is 0 Å². The third kappa shape index (κ3) is 11.8. The Bertz CT molecular complexity index is 3210. The zero-order valence-electron chi connectivity index (χ0n) is 38.1. The van der Waals surface area contributed by atoms with Gasteiger partial charge < -0.3 is 37.9 Å². The number of rotatable bonds is 20. The van der Waals surface area contributed by atoms with Crippen LogP contribution in [0.3, 0.4) is 0 Å². The lowest BCUT2D eigenvalue weighted by atomic mass is 10.0. The Kier molecular flexibility index (Phi) is 13.8. The highest BCUT2D eigenvalue weighted by Gasteiger charge is 2.24. The van der Waals surface area contributed by atoms with Crippen LogP contribution in [0, 0.1) is 0 Å². The molecule has 0 N–H and O–H groups in total. The number of unbranched alkanes of at least 4 members (excludes halogenated alkanes) is 3. The summed E-state index contributed by atoms with van der Waals surface area (Å²) in [4.78, 5) is 51.8. The Balaban J connectivity index is 0.617. The highest BCUT2D eigenvalue weighted by molar-refractivity contribution is 5.99. The molecule has 0 bridgehead atoms. The van der Waals surface area contributed by atoms with Crippen LogP contribution in [-0.2, 0) is 18.9 Å². The lowest BCUT2D eigenvalue weighted by Gasteiger charge is -2.09. The van der Waals surface area contributed by atoms with Crippen molar-refractivity contribution in [3.63, 3.8) is 0 Å². The summed E-state index contributed by atoms with van der Waals surface area (Å²) in [6.45, 7) is 3.08. The van der Waals surface area contributed by atoms with Gasteiger partial charge in [-0.25, -0.2) is 19.2 Å².